The van der Waals surface area contributed by atoms with Gasteiger partial charge in [-0.05, 0) is 36.2 Å². The Hall–Kier alpha value is -3.61. The number of hydrogen-bond acceptors (Lipinski definition) is 4. The van der Waals surface area contributed by atoms with Crippen LogP contribution in [0.1, 0.15) is 38.4 Å². The summed E-state index contributed by atoms with van der Waals surface area (Å²) < 4.78 is 6.94. The van der Waals surface area contributed by atoms with Crippen molar-refractivity contribution in [1.82, 2.24) is 14.7 Å². The van der Waals surface area contributed by atoms with Crippen LogP contribution in [-0.4, -0.2) is 47.2 Å². The minimum atomic E-state index is -0.277. The Kier molecular flexibility index (Phi) is 7.53. The van der Waals surface area contributed by atoms with Gasteiger partial charge >= 0.3 is 0 Å². The Morgan fingerprint density at radius 1 is 1.06 bits per heavy atom. The first-order valence-corrected chi connectivity index (χ1v) is 11.0. The molecule has 0 atom stereocenters. The van der Waals surface area contributed by atoms with Gasteiger partial charge in [0.25, 0.3) is 0 Å². The molecule has 7 nitrogen and oxygen atoms in total. The van der Waals surface area contributed by atoms with Gasteiger partial charge in [0.15, 0.2) is 0 Å². The zero-order chi connectivity index (χ0) is 24.0. The van der Waals surface area contributed by atoms with Crippen LogP contribution < -0.4 is 10.1 Å². The van der Waals surface area contributed by atoms with Gasteiger partial charge in [0.1, 0.15) is 11.6 Å². The highest BCUT2D eigenvalue weighted by atomic mass is 16.5. The molecule has 2 aromatic carbocycles. The highest BCUT2D eigenvalue weighted by Gasteiger charge is 2.22. The van der Waals surface area contributed by atoms with E-state index in [0.29, 0.717) is 18.7 Å². The average Bonchev–Trinajstić information content (AvgIpc) is 3.22. The zero-order valence-corrected chi connectivity index (χ0v) is 20.0. The highest BCUT2D eigenvalue weighted by molar-refractivity contribution is 5.94. The number of aryl methyl sites for hydroxylation is 1. The van der Waals surface area contributed by atoms with Crippen LogP contribution in [0.4, 0.5) is 5.82 Å². The number of nitrogens with zero attached hydrogens (tertiary/aromatic N) is 3. The summed E-state index contributed by atoms with van der Waals surface area (Å²) in [5, 5.41) is 7.64. The van der Waals surface area contributed by atoms with E-state index in [1.54, 1.807) is 18.8 Å². The number of carbonyl (C=O) groups excluding carboxylic acids is 2. The van der Waals surface area contributed by atoms with Gasteiger partial charge < -0.3 is 15.0 Å². The standard InChI is InChI=1S/C26H32N4O3/c1-26(2,3)22-17-23(30(28-22)20-12-14-21(33-5)15-13-20)27-24(31)18-29(4)25(32)16-11-19-9-7-6-8-10-19/h6-10,12-15,17H,11,16,18H2,1-5H3,(H,27,31). The second-order valence-corrected chi connectivity index (χ2v) is 9.06. The SMILES string of the molecule is COc1ccc(-n2nc(C(C)(C)C)cc2NC(=O)CN(C)C(=O)CCc2ccccc2)cc1. The molecule has 0 unspecified atom stereocenters. The first kappa shape index (κ1) is 24.0. The van der Waals surface area contributed by atoms with E-state index >= 15 is 0 Å². The topological polar surface area (TPSA) is 76.5 Å². The molecular formula is C26H32N4O3. The minimum Gasteiger partial charge on any atom is -0.497 e. The third-order valence-electron chi connectivity index (χ3n) is 5.34. The van der Waals surface area contributed by atoms with E-state index in [-0.39, 0.29) is 23.8 Å². The molecule has 3 rings (SSSR count). The lowest BCUT2D eigenvalue weighted by Crippen LogP contribution is -2.35. The molecular weight excluding hydrogens is 416 g/mol. The van der Waals surface area contributed by atoms with Crippen molar-refractivity contribution in [3.8, 4) is 11.4 Å². The normalized spacial score (nSPS) is 11.2. The summed E-state index contributed by atoms with van der Waals surface area (Å²) in [4.78, 5) is 26.7. The van der Waals surface area contributed by atoms with Crippen molar-refractivity contribution in [1.29, 1.82) is 0 Å². The number of amides is 2. The number of aromatic nitrogens is 2. The Morgan fingerprint density at radius 2 is 1.73 bits per heavy atom. The van der Waals surface area contributed by atoms with E-state index in [4.69, 9.17) is 9.84 Å². The average molecular weight is 449 g/mol. The summed E-state index contributed by atoms with van der Waals surface area (Å²) in [6.45, 7) is 6.17. The smallest absolute Gasteiger partial charge is 0.245 e. The van der Waals surface area contributed by atoms with Gasteiger partial charge in [-0.3, -0.25) is 9.59 Å². The molecule has 1 aromatic heterocycles. The van der Waals surface area contributed by atoms with E-state index < -0.39 is 0 Å². The van der Waals surface area contributed by atoms with Gasteiger partial charge in [0.2, 0.25) is 11.8 Å². The number of rotatable bonds is 8. The van der Waals surface area contributed by atoms with Crippen molar-refractivity contribution in [3.63, 3.8) is 0 Å². The largest absolute Gasteiger partial charge is 0.497 e. The molecule has 0 bridgehead atoms. The predicted molar refractivity (Wildman–Crippen MR) is 130 cm³/mol. The maximum absolute atomic E-state index is 12.8. The van der Waals surface area contributed by atoms with Crippen LogP contribution in [0.3, 0.4) is 0 Å². The third kappa shape index (κ3) is 6.44. The Balaban J connectivity index is 1.69. The molecule has 0 radical (unpaired) electrons. The van der Waals surface area contributed by atoms with Gasteiger partial charge in [0.05, 0.1) is 25.0 Å². The molecule has 33 heavy (non-hydrogen) atoms. The molecule has 0 spiro atoms. The molecule has 0 fully saturated rings. The molecule has 0 aliphatic heterocycles. The molecule has 0 aliphatic carbocycles. The van der Waals surface area contributed by atoms with Gasteiger partial charge in [-0.2, -0.15) is 5.10 Å². The van der Waals surface area contributed by atoms with Crippen molar-refractivity contribution >= 4 is 17.6 Å². The molecule has 2 amide bonds. The van der Waals surface area contributed by atoms with Crippen LogP contribution >= 0.6 is 0 Å². The van der Waals surface area contributed by atoms with Crippen LogP contribution in [0.15, 0.2) is 60.7 Å². The number of hydrogen-bond donors (Lipinski definition) is 1. The van der Waals surface area contributed by atoms with E-state index in [2.05, 4.69) is 26.1 Å². The summed E-state index contributed by atoms with van der Waals surface area (Å²) in [5.41, 5.74) is 2.55. The van der Waals surface area contributed by atoms with E-state index in [1.807, 2.05) is 60.7 Å². The van der Waals surface area contributed by atoms with Crippen molar-refractivity contribution in [2.45, 2.75) is 39.0 Å². The molecule has 0 aliphatic rings. The number of nitrogens with one attached hydrogen (secondary N) is 1. The van der Waals surface area contributed by atoms with Gasteiger partial charge in [-0.1, -0.05) is 51.1 Å². The first-order chi connectivity index (χ1) is 15.7. The molecule has 1 heterocycles. The van der Waals surface area contributed by atoms with Crippen LogP contribution in [0.2, 0.25) is 0 Å². The number of carbonyl (C=O) groups is 2. The van der Waals surface area contributed by atoms with Gasteiger partial charge in [-0.25, -0.2) is 4.68 Å². The Morgan fingerprint density at radius 3 is 2.33 bits per heavy atom. The second-order valence-electron chi connectivity index (χ2n) is 9.06. The zero-order valence-electron chi connectivity index (χ0n) is 20.0. The number of benzene rings is 2. The number of methoxy groups -OCH3 is 1. The lowest BCUT2D eigenvalue weighted by atomic mass is 9.92. The maximum atomic E-state index is 12.8. The monoisotopic (exact) mass is 448 g/mol. The highest BCUT2D eigenvalue weighted by Crippen LogP contribution is 2.27. The summed E-state index contributed by atoms with van der Waals surface area (Å²) in [7, 11) is 3.26. The van der Waals surface area contributed by atoms with Gasteiger partial charge in [-0.15, -0.1) is 0 Å². The number of anilines is 1. The summed E-state index contributed by atoms with van der Waals surface area (Å²) >= 11 is 0. The number of ether oxygens (including phenoxy) is 1. The van der Waals surface area contributed by atoms with Crippen molar-refractivity contribution in [3.05, 3.63) is 71.9 Å². The van der Waals surface area contributed by atoms with E-state index in [1.165, 1.54) is 4.90 Å². The van der Waals surface area contributed by atoms with E-state index in [0.717, 1.165) is 22.7 Å². The van der Waals surface area contributed by atoms with Crippen LogP contribution in [0.25, 0.3) is 5.69 Å². The lowest BCUT2D eigenvalue weighted by Gasteiger charge is -2.17. The summed E-state index contributed by atoms with van der Waals surface area (Å²) in [6.07, 6.45) is 0.997. The summed E-state index contributed by atoms with van der Waals surface area (Å²) in [5.74, 6) is 0.942. The van der Waals surface area contributed by atoms with Crippen molar-refractivity contribution < 1.29 is 14.3 Å². The van der Waals surface area contributed by atoms with Crippen LogP contribution in [0, 0.1) is 0 Å². The molecule has 0 saturated heterocycles. The predicted octanol–water partition coefficient (Wildman–Crippen LogP) is 4.21. The molecule has 3 aromatic rings. The quantitative estimate of drug-likeness (QED) is 0.560. The molecule has 0 saturated carbocycles. The van der Waals surface area contributed by atoms with Crippen molar-refractivity contribution in [2.75, 3.05) is 26.0 Å². The second kappa shape index (κ2) is 10.3. The fourth-order valence-electron chi connectivity index (χ4n) is 3.33. The fraction of sp³-hybridized carbons (Fsp3) is 0.346. The molecule has 174 valence electrons. The summed E-state index contributed by atoms with van der Waals surface area (Å²) in [6, 6.07) is 19.2. The van der Waals surface area contributed by atoms with E-state index in [9.17, 15) is 9.59 Å². The molecule has 7 heteroatoms. The fourth-order valence-corrected chi connectivity index (χ4v) is 3.33. The minimum absolute atomic E-state index is 0.0354. The first-order valence-electron chi connectivity index (χ1n) is 11.0. The number of likely N-dealkylation sites (N-methyl/N-ethyl adjacent to an activating group) is 1. The lowest BCUT2D eigenvalue weighted by molar-refractivity contribution is -0.133. The van der Waals surface area contributed by atoms with Gasteiger partial charge in [0, 0.05) is 24.9 Å². The third-order valence-corrected chi connectivity index (χ3v) is 5.34. The van der Waals surface area contributed by atoms with Crippen molar-refractivity contribution in [2.24, 2.45) is 0 Å². The molecule has 1 N–H and O–H groups in total. The Labute approximate surface area is 195 Å². The van der Waals surface area contributed by atoms with Crippen LogP contribution in [-0.2, 0) is 21.4 Å². The van der Waals surface area contributed by atoms with Crippen LogP contribution in [0.5, 0.6) is 5.75 Å². The Bertz CT molecular complexity index is 1080. The maximum Gasteiger partial charge on any atom is 0.245 e.